The first kappa shape index (κ1) is 18.5. The highest BCUT2D eigenvalue weighted by Crippen LogP contribution is 2.21. The van der Waals surface area contributed by atoms with Crippen LogP contribution in [0.2, 0.25) is 0 Å². The Hall–Kier alpha value is -2.34. The van der Waals surface area contributed by atoms with E-state index >= 15 is 0 Å². The molecule has 0 atom stereocenters. The number of hydrogen-bond donors (Lipinski definition) is 2. The van der Waals surface area contributed by atoms with Crippen molar-refractivity contribution in [2.24, 2.45) is 5.92 Å². The summed E-state index contributed by atoms with van der Waals surface area (Å²) in [6, 6.07) is 10.5. The molecule has 6 heteroatoms. The molecule has 0 spiro atoms. The highest BCUT2D eigenvalue weighted by Gasteiger charge is 2.13. The second kappa shape index (κ2) is 8.85. The second-order valence-electron chi connectivity index (χ2n) is 7.34. The summed E-state index contributed by atoms with van der Waals surface area (Å²) in [7, 11) is 2.18. The monoisotopic (exact) mass is 354 g/mol. The summed E-state index contributed by atoms with van der Waals surface area (Å²) in [6.07, 6.45) is 2.89. The minimum absolute atomic E-state index is 0.669. The van der Waals surface area contributed by atoms with Gasteiger partial charge in [-0.05, 0) is 49.7 Å². The lowest BCUT2D eigenvalue weighted by atomic mass is 10.1. The number of nitrogens with one attached hydrogen (secondary N) is 2. The van der Waals surface area contributed by atoms with E-state index in [4.69, 9.17) is 0 Å². The minimum atomic E-state index is 0.669. The van der Waals surface area contributed by atoms with Crippen LogP contribution in [0.25, 0.3) is 0 Å². The molecule has 0 radical (unpaired) electrons. The molecule has 0 bridgehead atoms. The number of benzene rings is 1. The first-order chi connectivity index (χ1) is 12.6. The zero-order valence-electron chi connectivity index (χ0n) is 16.1. The Morgan fingerprint density at radius 3 is 2.46 bits per heavy atom. The summed E-state index contributed by atoms with van der Waals surface area (Å²) in [4.78, 5) is 13.6. The fourth-order valence-electron chi connectivity index (χ4n) is 2.95. The van der Waals surface area contributed by atoms with Crippen molar-refractivity contribution in [2.75, 3.05) is 55.3 Å². The minimum Gasteiger partial charge on any atom is -0.369 e. The Kier molecular flexibility index (Phi) is 6.28. The van der Waals surface area contributed by atoms with E-state index < -0.39 is 0 Å². The highest BCUT2D eigenvalue weighted by molar-refractivity contribution is 5.61. The van der Waals surface area contributed by atoms with Gasteiger partial charge >= 0.3 is 0 Å². The van der Waals surface area contributed by atoms with Crippen LogP contribution >= 0.6 is 0 Å². The molecule has 2 N–H and O–H groups in total. The van der Waals surface area contributed by atoms with Crippen molar-refractivity contribution in [3.8, 4) is 0 Å². The smallest absolute Gasteiger partial charge is 0.224 e. The second-order valence-corrected chi connectivity index (χ2v) is 7.34. The van der Waals surface area contributed by atoms with E-state index in [1.807, 2.05) is 6.07 Å². The summed E-state index contributed by atoms with van der Waals surface area (Å²) in [5, 5.41) is 6.65. The lowest BCUT2D eigenvalue weighted by molar-refractivity contribution is 0.313. The molecule has 0 aliphatic carbocycles. The van der Waals surface area contributed by atoms with Crippen LogP contribution in [0.5, 0.6) is 0 Å². The molecule has 1 aliphatic heterocycles. The fourth-order valence-corrected chi connectivity index (χ4v) is 2.95. The van der Waals surface area contributed by atoms with E-state index in [1.54, 1.807) is 6.20 Å². The van der Waals surface area contributed by atoms with Crippen molar-refractivity contribution in [3.05, 3.63) is 36.5 Å². The van der Waals surface area contributed by atoms with Gasteiger partial charge in [-0.3, -0.25) is 0 Å². The van der Waals surface area contributed by atoms with Gasteiger partial charge in [-0.2, -0.15) is 4.98 Å². The molecule has 1 aromatic carbocycles. The molecule has 3 rings (SSSR count). The molecule has 26 heavy (non-hydrogen) atoms. The third-order valence-electron chi connectivity index (χ3n) is 4.67. The van der Waals surface area contributed by atoms with Crippen molar-refractivity contribution in [1.29, 1.82) is 0 Å². The standard InChI is InChI=1S/C20H30N6/c1-16(2)8-10-21-20-22-11-9-19(24-20)23-17-4-6-18(7-5-17)26-14-12-25(3)13-15-26/h4-7,9,11,16H,8,10,12-15H2,1-3H3,(H2,21,22,23,24). The summed E-state index contributed by atoms with van der Waals surface area (Å²) >= 11 is 0. The highest BCUT2D eigenvalue weighted by atomic mass is 15.2. The van der Waals surface area contributed by atoms with Gasteiger partial charge in [-0.15, -0.1) is 0 Å². The van der Waals surface area contributed by atoms with E-state index in [0.29, 0.717) is 11.9 Å². The summed E-state index contributed by atoms with van der Waals surface area (Å²) in [5.41, 5.74) is 2.32. The van der Waals surface area contributed by atoms with Gasteiger partial charge in [0.25, 0.3) is 0 Å². The molecule has 140 valence electrons. The maximum absolute atomic E-state index is 4.54. The molecule has 1 aromatic heterocycles. The third-order valence-corrected chi connectivity index (χ3v) is 4.67. The van der Waals surface area contributed by atoms with E-state index in [0.717, 1.165) is 50.6 Å². The molecular weight excluding hydrogens is 324 g/mol. The van der Waals surface area contributed by atoms with Gasteiger partial charge in [0.05, 0.1) is 0 Å². The average molecular weight is 355 g/mol. The molecule has 0 unspecified atom stereocenters. The lowest BCUT2D eigenvalue weighted by Crippen LogP contribution is -2.44. The van der Waals surface area contributed by atoms with Crippen LogP contribution in [0.1, 0.15) is 20.3 Å². The molecule has 2 aromatic rings. The summed E-state index contributed by atoms with van der Waals surface area (Å²) in [5.74, 6) is 2.15. The summed E-state index contributed by atoms with van der Waals surface area (Å²) < 4.78 is 0. The lowest BCUT2D eigenvalue weighted by Gasteiger charge is -2.34. The quantitative estimate of drug-likeness (QED) is 0.794. The van der Waals surface area contributed by atoms with Crippen molar-refractivity contribution in [2.45, 2.75) is 20.3 Å². The first-order valence-electron chi connectivity index (χ1n) is 9.47. The van der Waals surface area contributed by atoms with E-state index in [-0.39, 0.29) is 0 Å². The Bertz CT molecular complexity index is 677. The zero-order valence-corrected chi connectivity index (χ0v) is 16.1. The Morgan fingerprint density at radius 1 is 1.04 bits per heavy atom. The van der Waals surface area contributed by atoms with E-state index in [9.17, 15) is 0 Å². The van der Waals surface area contributed by atoms with E-state index in [1.165, 1.54) is 5.69 Å². The van der Waals surface area contributed by atoms with Crippen LogP contribution in [0.3, 0.4) is 0 Å². The average Bonchev–Trinajstić information content (AvgIpc) is 2.63. The Morgan fingerprint density at radius 2 is 1.77 bits per heavy atom. The molecule has 1 aliphatic rings. The topological polar surface area (TPSA) is 56.3 Å². The van der Waals surface area contributed by atoms with Crippen LogP contribution in [-0.4, -0.2) is 54.6 Å². The van der Waals surface area contributed by atoms with Gasteiger partial charge < -0.3 is 20.4 Å². The maximum atomic E-state index is 4.54. The van der Waals surface area contributed by atoms with Crippen molar-refractivity contribution < 1.29 is 0 Å². The van der Waals surface area contributed by atoms with Crippen LogP contribution in [0.15, 0.2) is 36.5 Å². The Balaban J connectivity index is 1.57. The number of likely N-dealkylation sites (N-methyl/N-ethyl adjacent to an activating group) is 1. The number of piperazine rings is 1. The summed E-state index contributed by atoms with van der Waals surface area (Å²) in [6.45, 7) is 9.72. The SMILES string of the molecule is CC(C)CCNc1nccc(Nc2ccc(N3CCN(C)CC3)cc2)n1. The molecule has 6 nitrogen and oxygen atoms in total. The van der Waals surface area contributed by atoms with Gasteiger partial charge in [0.2, 0.25) is 5.95 Å². The van der Waals surface area contributed by atoms with Gasteiger partial charge in [0, 0.05) is 50.3 Å². The van der Waals surface area contributed by atoms with E-state index in [2.05, 4.69) is 75.6 Å². The third kappa shape index (κ3) is 5.33. The predicted octanol–water partition coefficient (Wildman–Crippen LogP) is 3.43. The first-order valence-corrected chi connectivity index (χ1v) is 9.47. The van der Waals surface area contributed by atoms with Crippen molar-refractivity contribution >= 4 is 23.1 Å². The zero-order chi connectivity index (χ0) is 18.4. The number of anilines is 4. The molecular formula is C20H30N6. The van der Waals surface area contributed by atoms with Crippen molar-refractivity contribution in [1.82, 2.24) is 14.9 Å². The van der Waals surface area contributed by atoms with Crippen LogP contribution in [-0.2, 0) is 0 Å². The Labute approximate surface area is 156 Å². The number of aromatic nitrogens is 2. The van der Waals surface area contributed by atoms with Crippen LogP contribution < -0.4 is 15.5 Å². The number of nitrogens with zero attached hydrogens (tertiary/aromatic N) is 4. The van der Waals surface area contributed by atoms with Crippen LogP contribution in [0.4, 0.5) is 23.1 Å². The van der Waals surface area contributed by atoms with Gasteiger partial charge in [-0.1, -0.05) is 13.8 Å². The fraction of sp³-hybridized carbons (Fsp3) is 0.500. The predicted molar refractivity (Wildman–Crippen MR) is 109 cm³/mol. The maximum Gasteiger partial charge on any atom is 0.224 e. The normalized spacial score (nSPS) is 15.3. The van der Waals surface area contributed by atoms with Gasteiger partial charge in [0.15, 0.2) is 0 Å². The molecule has 0 saturated carbocycles. The molecule has 1 saturated heterocycles. The van der Waals surface area contributed by atoms with Gasteiger partial charge in [-0.25, -0.2) is 4.98 Å². The largest absolute Gasteiger partial charge is 0.369 e. The van der Waals surface area contributed by atoms with Gasteiger partial charge in [0.1, 0.15) is 5.82 Å². The molecule has 2 heterocycles. The molecule has 1 fully saturated rings. The number of hydrogen-bond acceptors (Lipinski definition) is 6. The van der Waals surface area contributed by atoms with Crippen molar-refractivity contribution in [3.63, 3.8) is 0 Å². The van der Waals surface area contributed by atoms with Crippen LogP contribution in [0, 0.1) is 5.92 Å². The molecule has 0 amide bonds. The number of rotatable bonds is 7.